The number of hydrogen-bond acceptors (Lipinski definition) is 5. The second-order valence-electron chi connectivity index (χ2n) is 5.24. The molecule has 0 saturated heterocycles. The van der Waals surface area contributed by atoms with Crippen LogP contribution in [0.5, 0.6) is 5.75 Å². The van der Waals surface area contributed by atoms with Crippen molar-refractivity contribution in [2.75, 3.05) is 18.2 Å². The van der Waals surface area contributed by atoms with Gasteiger partial charge in [0.1, 0.15) is 5.75 Å². The topological polar surface area (TPSA) is 79.9 Å². The molecule has 0 unspecified atom stereocenters. The summed E-state index contributed by atoms with van der Waals surface area (Å²) in [7, 11) is 1.56. The number of aromatic amines is 1. The van der Waals surface area contributed by atoms with Gasteiger partial charge in [-0.15, -0.1) is 5.10 Å². The lowest BCUT2D eigenvalue weighted by atomic mass is 10.2. The van der Waals surface area contributed by atoms with Crippen molar-refractivity contribution in [3.8, 4) is 17.1 Å². The van der Waals surface area contributed by atoms with Gasteiger partial charge in [-0.05, 0) is 30.3 Å². The Labute approximate surface area is 174 Å². The molecule has 0 aliphatic rings. The number of thioether (sulfide) groups is 1. The monoisotopic (exact) mass is 442 g/mol. The fraction of sp³-hybridized carbons (Fsp3) is 0.118. The summed E-state index contributed by atoms with van der Waals surface area (Å²) in [5, 5.41) is 11.3. The van der Waals surface area contributed by atoms with Crippen LogP contribution in [-0.2, 0) is 4.79 Å². The maximum absolute atomic E-state index is 12.2. The van der Waals surface area contributed by atoms with Crippen LogP contribution in [-0.4, -0.2) is 34.0 Å². The number of nitrogens with one attached hydrogen (secondary N) is 2. The van der Waals surface area contributed by atoms with Crippen LogP contribution in [0, 0.1) is 0 Å². The largest absolute Gasteiger partial charge is 0.496 e. The van der Waals surface area contributed by atoms with Gasteiger partial charge in [-0.2, -0.15) is 0 Å². The number of benzene rings is 2. The second kappa shape index (κ2) is 8.84. The Morgan fingerprint density at radius 3 is 2.67 bits per heavy atom. The zero-order valence-electron chi connectivity index (χ0n) is 13.9. The molecule has 2 aromatic carbocycles. The molecular weight excluding hydrogens is 431 g/mol. The first kappa shape index (κ1) is 19.8. The van der Waals surface area contributed by atoms with Crippen LogP contribution in [0.25, 0.3) is 11.4 Å². The Balaban J connectivity index is 1.66. The van der Waals surface area contributed by atoms with E-state index < -0.39 is 0 Å². The van der Waals surface area contributed by atoms with Gasteiger partial charge in [-0.1, -0.05) is 52.6 Å². The third kappa shape index (κ3) is 4.87. The lowest BCUT2D eigenvalue weighted by molar-refractivity contribution is -0.113. The smallest absolute Gasteiger partial charge is 0.234 e. The summed E-state index contributed by atoms with van der Waals surface area (Å²) in [5.41, 5.74) is 1.06. The maximum Gasteiger partial charge on any atom is 0.234 e. The lowest BCUT2D eigenvalue weighted by Crippen LogP contribution is -2.14. The van der Waals surface area contributed by atoms with Crippen LogP contribution in [0.3, 0.4) is 0 Å². The van der Waals surface area contributed by atoms with Gasteiger partial charge >= 0.3 is 0 Å². The van der Waals surface area contributed by atoms with E-state index in [2.05, 4.69) is 20.5 Å². The Hall–Kier alpha value is -1.93. The molecule has 2 N–H and O–H groups in total. The average molecular weight is 444 g/mol. The molecule has 0 fully saturated rings. The molecule has 6 nitrogen and oxygen atoms in total. The van der Waals surface area contributed by atoms with Crippen LogP contribution in [0.15, 0.2) is 41.6 Å². The van der Waals surface area contributed by atoms with Crippen molar-refractivity contribution in [2.45, 2.75) is 5.16 Å². The summed E-state index contributed by atoms with van der Waals surface area (Å²) in [6.07, 6.45) is 0. The van der Waals surface area contributed by atoms with Crippen molar-refractivity contribution in [1.82, 2.24) is 15.2 Å². The predicted molar refractivity (Wildman–Crippen MR) is 109 cm³/mol. The number of halogens is 3. The highest BCUT2D eigenvalue weighted by Crippen LogP contribution is 2.32. The Kier molecular flexibility index (Phi) is 6.49. The molecule has 0 atom stereocenters. The van der Waals surface area contributed by atoms with E-state index in [0.29, 0.717) is 43.0 Å². The molecule has 0 bridgehead atoms. The first-order valence-electron chi connectivity index (χ1n) is 7.61. The Bertz CT molecular complexity index is 960. The van der Waals surface area contributed by atoms with E-state index in [1.807, 2.05) is 0 Å². The van der Waals surface area contributed by atoms with Gasteiger partial charge in [0.15, 0.2) is 5.82 Å². The fourth-order valence-corrected chi connectivity index (χ4v) is 3.48. The van der Waals surface area contributed by atoms with Crippen molar-refractivity contribution < 1.29 is 9.53 Å². The van der Waals surface area contributed by atoms with E-state index in [1.54, 1.807) is 43.5 Å². The lowest BCUT2D eigenvalue weighted by Gasteiger charge is -2.08. The summed E-state index contributed by atoms with van der Waals surface area (Å²) < 4.78 is 5.31. The van der Waals surface area contributed by atoms with E-state index in [4.69, 9.17) is 39.5 Å². The number of para-hydroxylation sites is 1. The van der Waals surface area contributed by atoms with Crippen molar-refractivity contribution >= 4 is 58.2 Å². The van der Waals surface area contributed by atoms with Gasteiger partial charge in [-0.3, -0.25) is 9.89 Å². The SMILES string of the molecule is COc1ccc(Cl)cc1-c1nc(SCC(=O)Nc2c(Cl)cccc2Cl)n[nH]1. The van der Waals surface area contributed by atoms with Gasteiger partial charge in [0, 0.05) is 5.02 Å². The summed E-state index contributed by atoms with van der Waals surface area (Å²) in [4.78, 5) is 16.5. The number of carbonyl (C=O) groups is 1. The van der Waals surface area contributed by atoms with Crippen LogP contribution < -0.4 is 10.1 Å². The van der Waals surface area contributed by atoms with Crippen molar-refractivity contribution in [3.05, 3.63) is 51.5 Å². The molecule has 0 saturated carbocycles. The zero-order chi connectivity index (χ0) is 19.4. The number of H-pyrrole nitrogens is 1. The molecule has 0 aliphatic heterocycles. The minimum absolute atomic E-state index is 0.0888. The van der Waals surface area contributed by atoms with E-state index in [-0.39, 0.29) is 11.7 Å². The predicted octanol–water partition coefficient (Wildman–Crippen LogP) is 5.17. The molecule has 0 spiro atoms. The van der Waals surface area contributed by atoms with Crippen LogP contribution >= 0.6 is 46.6 Å². The first-order chi connectivity index (χ1) is 13.0. The van der Waals surface area contributed by atoms with Crippen LogP contribution in [0.1, 0.15) is 0 Å². The normalized spacial score (nSPS) is 10.7. The van der Waals surface area contributed by atoms with Crippen molar-refractivity contribution in [3.63, 3.8) is 0 Å². The van der Waals surface area contributed by atoms with Crippen LogP contribution in [0.2, 0.25) is 15.1 Å². The molecule has 3 aromatic rings. The number of amides is 1. The van der Waals surface area contributed by atoms with Crippen molar-refractivity contribution in [2.24, 2.45) is 0 Å². The third-order valence-electron chi connectivity index (χ3n) is 3.44. The van der Waals surface area contributed by atoms with E-state index in [1.165, 1.54) is 11.8 Å². The van der Waals surface area contributed by atoms with Crippen molar-refractivity contribution in [1.29, 1.82) is 0 Å². The molecule has 1 aromatic heterocycles. The number of anilines is 1. The first-order valence-corrected chi connectivity index (χ1v) is 9.73. The number of carbonyl (C=O) groups excluding carboxylic acids is 1. The molecule has 140 valence electrons. The minimum Gasteiger partial charge on any atom is -0.496 e. The number of aromatic nitrogens is 3. The highest BCUT2D eigenvalue weighted by Gasteiger charge is 2.14. The molecule has 1 amide bonds. The standard InChI is InChI=1S/C17H13Cl3N4O2S/c1-26-13-6-5-9(18)7-10(13)16-22-17(24-23-16)27-8-14(25)21-15-11(19)3-2-4-12(15)20/h2-7H,8H2,1H3,(H,21,25)(H,22,23,24). The summed E-state index contributed by atoms with van der Waals surface area (Å²) in [5.74, 6) is 0.914. The fourth-order valence-electron chi connectivity index (χ4n) is 2.22. The number of methoxy groups -OCH3 is 1. The second-order valence-corrected chi connectivity index (χ2v) is 7.44. The summed E-state index contributed by atoms with van der Waals surface area (Å²) in [6.45, 7) is 0. The summed E-state index contributed by atoms with van der Waals surface area (Å²) >= 11 is 19.3. The van der Waals surface area contributed by atoms with Gasteiger partial charge in [-0.25, -0.2) is 4.98 Å². The molecule has 0 radical (unpaired) electrons. The number of hydrogen-bond donors (Lipinski definition) is 2. The van der Waals surface area contributed by atoms with Gasteiger partial charge in [0.05, 0.1) is 34.2 Å². The highest BCUT2D eigenvalue weighted by atomic mass is 35.5. The van der Waals surface area contributed by atoms with Gasteiger partial charge < -0.3 is 10.1 Å². The minimum atomic E-state index is -0.276. The quantitative estimate of drug-likeness (QED) is 0.514. The third-order valence-corrected chi connectivity index (χ3v) is 5.15. The van der Waals surface area contributed by atoms with Crippen LogP contribution in [0.4, 0.5) is 5.69 Å². The van der Waals surface area contributed by atoms with Gasteiger partial charge in [0.25, 0.3) is 0 Å². The van der Waals surface area contributed by atoms with E-state index >= 15 is 0 Å². The molecule has 27 heavy (non-hydrogen) atoms. The molecule has 1 heterocycles. The Morgan fingerprint density at radius 1 is 1.22 bits per heavy atom. The average Bonchev–Trinajstić information content (AvgIpc) is 3.12. The van der Waals surface area contributed by atoms with Gasteiger partial charge in [0.2, 0.25) is 11.1 Å². The zero-order valence-corrected chi connectivity index (χ0v) is 17.0. The number of nitrogens with zero attached hydrogens (tertiary/aromatic N) is 2. The molecule has 10 heteroatoms. The number of ether oxygens (including phenoxy) is 1. The summed E-state index contributed by atoms with van der Waals surface area (Å²) in [6, 6.07) is 10.2. The Morgan fingerprint density at radius 2 is 1.96 bits per heavy atom. The van der Waals surface area contributed by atoms with E-state index in [9.17, 15) is 4.79 Å². The number of rotatable bonds is 6. The molecule has 0 aliphatic carbocycles. The van der Waals surface area contributed by atoms with E-state index in [0.717, 1.165) is 0 Å². The maximum atomic E-state index is 12.2. The molecular formula is C17H13Cl3N4O2S. The highest BCUT2D eigenvalue weighted by molar-refractivity contribution is 7.99. The molecule has 3 rings (SSSR count).